The highest BCUT2D eigenvalue weighted by molar-refractivity contribution is 6.23. The molecule has 9 aromatic rings. The van der Waals surface area contributed by atoms with E-state index in [1.807, 2.05) is 24.3 Å². The third-order valence-electron chi connectivity index (χ3n) is 7.93. The molecule has 0 spiro atoms. The van der Waals surface area contributed by atoms with Gasteiger partial charge in [-0.15, -0.1) is 0 Å². The van der Waals surface area contributed by atoms with Gasteiger partial charge in [-0.25, -0.2) is 0 Å². The molecule has 0 aliphatic carbocycles. The molecule has 182 valence electrons. The molecule has 0 aliphatic rings. The summed E-state index contributed by atoms with van der Waals surface area (Å²) >= 11 is 0. The van der Waals surface area contributed by atoms with Gasteiger partial charge in [-0.05, 0) is 47.9 Å². The van der Waals surface area contributed by atoms with E-state index >= 15 is 0 Å². The number of para-hydroxylation sites is 4. The standard InChI is InChI=1S/C35H21N3O/c1-2-11-23(12-3-1)37-31-20-27-25-14-6-8-16-30(25)38(35-36-29-15-7-9-17-33(29)39-35)32(27)21-28(31)26-19-18-22-10-4-5-13-24(22)34(26)37/h1-21H. The minimum Gasteiger partial charge on any atom is -0.423 e. The summed E-state index contributed by atoms with van der Waals surface area (Å²) in [4.78, 5) is 4.88. The Morgan fingerprint density at radius 3 is 2.05 bits per heavy atom. The van der Waals surface area contributed by atoms with Gasteiger partial charge in [0, 0.05) is 32.6 Å². The van der Waals surface area contributed by atoms with E-state index in [1.54, 1.807) is 0 Å². The van der Waals surface area contributed by atoms with Crippen LogP contribution in [0.25, 0.3) is 77.2 Å². The summed E-state index contributed by atoms with van der Waals surface area (Å²) in [5.74, 6) is 0. The fraction of sp³-hybridized carbons (Fsp3) is 0. The van der Waals surface area contributed by atoms with Crippen molar-refractivity contribution in [1.82, 2.24) is 14.1 Å². The Morgan fingerprint density at radius 2 is 1.18 bits per heavy atom. The van der Waals surface area contributed by atoms with Crippen molar-refractivity contribution in [1.29, 1.82) is 0 Å². The van der Waals surface area contributed by atoms with E-state index in [9.17, 15) is 0 Å². The number of fused-ring (bicyclic) bond motifs is 9. The molecule has 0 saturated heterocycles. The summed E-state index contributed by atoms with van der Waals surface area (Å²) < 4.78 is 10.9. The molecule has 0 N–H and O–H groups in total. The Morgan fingerprint density at radius 1 is 0.487 bits per heavy atom. The van der Waals surface area contributed by atoms with E-state index in [-0.39, 0.29) is 0 Å². The van der Waals surface area contributed by atoms with E-state index in [0.717, 1.165) is 27.8 Å². The first-order chi connectivity index (χ1) is 19.3. The molecular formula is C35H21N3O. The maximum absolute atomic E-state index is 6.31. The van der Waals surface area contributed by atoms with Gasteiger partial charge in [-0.3, -0.25) is 4.57 Å². The predicted octanol–water partition coefficient (Wildman–Crippen LogP) is 9.18. The average molecular weight is 500 g/mol. The number of rotatable bonds is 2. The summed E-state index contributed by atoms with van der Waals surface area (Å²) in [5, 5.41) is 7.24. The summed E-state index contributed by atoms with van der Waals surface area (Å²) in [5.41, 5.74) is 7.35. The zero-order valence-electron chi connectivity index (χ0n) is 20.9. The van der Waals surface area contributed by atoms with Gasteiger partial charge in [-0.1, -0.05) is 84.9 Å². The smallest absolute Gasteiger partial charge is 0.307 e. The lowest BCUT2D eigenvalue weighted by Crippen LogP contribution is -1.95. The van der Waals surface area contributed by atoms with E-state index < -0.39 is 0 Å². The molecule has 4 nitrogen and oxygen atoms in total. The van der Waals surface area contributed by atoms with Gasteiger partial charge in [0.25, 0.3) is 0 Å². The number of aromatic nitrogens is 3. The second kappa shape index (κ2) is 7.59. The second-order valence-electron chi connectivity index (χ2n) is 10.1. The van der Waals surface area contributed by atoms with Gasteiger partial charge < -0.3 is 8.98 Å². The van der Waals surface area contributed by atoms with Crippen molar-refractivity contribution in [3.05, 3.63) is 127 Å². The van der Waals surface area contributed by atoms with Crippen LogP contribution in [-0.2, 0) is 0 Å². The third-order valence-corrected chi connectivity index (χ3v) is 7.93. The van der Waals surface area contributed by atoms with E-state index in [2.05, 4.69) is 112 Å². The Bertz CT molecular complexity index is 2360. The first-order valence-electron chi connectivity index (χ1n) is 13.2. The van der Waals surface area contributed by atoms with E-state index in [0.29, 0.717) is 6.01 Å². The van der Waals surface area contributed by atoms with Gasteiger partial charge in [0.15, 0.2) is 5.58 Å². The molecule has 3 aromatic heterocycles. The van der Waals surface area contributed by atoms with Gasteiger partial charge >= 0.3 is 6.01 Å². The topological polar surface area (TPSA) is 35.9 Å². The van der Waals surface area contributed by atoms with E-state index in [4.69, 9.17) is 9.40 Å². The number of oxazole rings is 1. The largest absolute Gasteiger partial charge is 0.423 e. The Kier molecular flexibility index (Phi) is 4.02. The molecule has 0 aliphatic heterocycles. The lowest BCUT2D eigenvalue weighted by atomic mass is 10.0. The molecule has 4 heteroatoms. The summed E-state index contributed by atoms with van der Waals surface area (Å²) in [6, 6.07) is 45.5. The molecular weight excluding hydrogens is 478 g/mol. The minimum absolute atomic E-state index is 0.582. The van der Waals surface area contributed by atoms with Crippen molar-refractivity contribution in [3.8, 4) is 11.7 Å². The molecule has 0 bridgehead atoms. The first-order valence-corrected chi connectivity index (χ1v) is 13.2. The molecule has 0 amide bonds. The average Bonchev–Trinajstić information content (AvgIpc) is 3.66. The maximum Gasteiger partial charge on any atom is 0.307 e. The van der Waals surface area contributed by atoms with Crippen LogP contribution in [-0.4, -0.2) is 14.1 Å². The van der Waals surface area contributed by atoms with Crippen LogP contribution in [0.1, 0.15) is 0 Å². The summed E-state index contributed by atoms with van der Waals surface area (Å²) in [7, 11) is 0. The van der Waals surface area contributed by atoms with E-state index in [1.165, 1.54) is 43.4 Å². The fourth-order valence-corrected chi connectivity index (χ4v) is 6.25. The highest BCUT2D eigenvalue weighted by atomic mass is 16.4. The van der Waals surface area contributed by atoms with Crippen LogP contribution in [0.2, 0.25) is 0 Å². The molecule has 0 fully saturated rings. The summed E-state index contributed by atoms with van der Waals surface area (Å²) in [6.45, 7) is 0. The minimum atomic E-state index is 0.582. The number of hydrogen-bond donors (Lipinski definition) is 0. The van der Waals surface area contributed by atoms with Crippen LogP contribution in [0.4, 0.5) is 0 Å². The number of hydrogen-bond acceptors (Lipinski definition) is 2. The van der Waals surface area contributed by atoms with Crippen LogP contribution in [0.3, 0.4) is 0 Å². The van der Waals surface area contributed by atoms with Crippen molar-refractivity contribution < 1.29 is 4.42 Å². The zero-order chi connectivity index (χ0) is 25.5. The fourth-order valence-electron chi connectivity index (χ4n) is 6.25. The predicted molar refractivity (Wildman–Crippen MR) is 160 cm³/mol. The molecule has 3 heterocycles. The highest BCUT2D eigenvalue weighted by Crippen LogP contribution is 2.41. The van der Waals surface area contributed by atoms with Crippen LogP contribution < -0.4 is 0 Å². The molecule has 9 rings (SSSR count). The maximum atomic E-state index is 6.31. The third kappa shape index (κ3) is 2.80. The number of benzene rings is 6. The quantitative estimate of drug-likeness (QED) is 0.238. The number of nitrogens with zero attached hydrogens (tertiary/aromatic N) is 3. The highest BCUT2D eigenvalue weighted by Gasteiger charge is 2.21. The van der Waals surface area contributed by atoms with Crippen molar-refractivity contribution >= 4 is 65.5 Å². The van der Waals surface area contributed by atoms with Gasteiger partial charge in [-0.2, -0.15) is 4.98 Å². The lowest BCUT2D eigenvalue weighted by Gasteiger charge is -2.10. The first kappa shape index (κ1) is 20.7. The molecule has 6 aromatic carbocycles. The Balaban J connectivity index is 1.49. The molecule has 0 unspecified atom stereocenters. The van der Waals surface area contributed by atoms with Crippen molar-refractivity contribution in [2.75, 3.05) is 0 Å². The Hall–Kier alpha value is -5.35. The Labute approximate surface area is 222 Å². The van der Waals surface area contributed by atoms with Gasteiger partial charge in [0.2, 0.25) is 0 Å². The molecule has 39 heavy (non-hydrogen) atoms. The van der Waals surface area contributed by atoms with Crippen molar-refractivity contribution in [3.63, 3.8) is 0 Å². The molecule has 0 saturated carbocycles. The normalized spacial score (nSPS) is 12.1. The lowest BCUT2D eigenvalue weighted by molar-refractivity contribution is 0.574. The van der Waals surface area contributed by atoms with Crippen LogP contribution in [0.15, 0.2) is 132 Å². The summed E-state index contributed by atoms with van der Waals surface area (Å²) in [6.07, 6.45) is 0. The van der Waals surface area contributed by atoms with Crippen LogP contribution >= 0.6 is 0 Å². The van der Waals surface area contributed by atoms with Crippen LogP contribution in [0, 0.1) is 0 Å². The van der Waals surface area contributed by atoms with Crippen molar-refractivity contribution in [2.45, 2.75) is 0 Å². The monoisotopic (exact) mass is 499 g/mol. The van der Waals surface area contributed by atoms with Gasteiger partial charge in [0.1, 0.15) is 5.52 Å². The van der Waals surface area contributed by atoms with Crippen molar-refractivity contribution in [2.24, 2.45) is 0 Å². The molecule has 0 atom stereocenters. The zero-order valence-corrected chi connectivity index (χ0v) is 20.9. The van der Waals surface area contributed by atoms with Crippen LogP contribution in [0.5, 0.6) is 0 Å². The SMILES string of the molecule is c1ccc(-n2c3cc4c5ccccc5n(-c5nc6ccccc6o5)c4cc3c3ccc4ccccc4c32)cc1. The second-order valence-corrected chi connectivity index (χ2v) is 10.1. The molecule has 0 radical (unpaired) electrons. The van der Waals surface area contributed by atoms with Gasteiger partial charge in [0.05, 0.1) is 22.1 Å².